The zero-order valence-corrected chi connectivity index (χ0v) is 22.4. The molecule has 0 amide bonds. The van der Waals surface area contributed by atoms with E-state index in [2.05, 4.69) is 67.8 Å². The number of aryl methyl sites for hydroxylation is 2. The maximum atomic E-state index is 13.9. The number of hydrogen-bond acceptors (Lipinski definition) is 7. The summed E-state index contributed by atoms with van der Waals surface area (Å²) in [7, 11) is 0. The van der Waals surface area contributed by atoms with Crippen LogP contribution < -0.4 is 10.3 Å². The summed E-state index contributed by atoms with van der Waals surface area (Å²) in [6, 6.07) is 20.0. The lowest BCUT2D eigenvalue weighted by Gasteiger charge is -2.16. The first kappa shape index (κ1) is 26.0. The van der Waals surface area contributed by atoms with Crippen LogP contribution in [-0.2, 0) is 12.8 Å². The minimum atomic E-state index is -0.0960. The van der Waals surface area contributed by atoms with Crippen LogP contribution in [0.1, 0.15) is 49.1 Å². The molecule has 0 unspecified atom stereocenters. The first-order chi connectivity index (χ1) is 19.1. The Morgan fingerprint density at radius 3 is 2.51 bits per heavy atom. The summed E-state index contributed by atoms with van der Waals surface area (Å²) in [5.41, 5.74) is 6.54. The van der Waals surface area contributed by atoms with E-state index >= 15 is 0 Å². The van der Waals surface area contributed by atoms with E-state index < -0.39 is 0 Å². The van der Waals surface area contributed by atoms with E-state index in [1.54, 1.807) is 16.8 Å². The highest BCUT2D eigenvalue weighted by Gasteiger charge is 2.17. The summed E-state index contributed by atoms with van der Waals surface area (Å²) in [5.74, 6) is 1.31. The minimum absolute atomic E-state index is 0.0960. The fourth-order valence-corrected chi connectivity index (χ4v) is 4.74. The first-order valence-electron chi connectivity index (χ1n) is 13.2. The van der Waals surface area contributed by atoms with E-state index in [1.807, 2.05) is 38.1 Å². The summed E-state index contributed by atoms with van der Waals surface area (Å²) >= 11 is 0. The number of ether oxygens (including phenoxy) is 1. The minimum Gasteiger partial charge on any atom is -0.478 e. The third-order valence-corrected chi connectivity index (χ3v) is 6.65. The molecule has 0 aliphatic heterocycles. The normalized spacial score (nSPS) is 11.1. The Kier molecular flexibility index (Phi) is 7.86. The van der Waals surface area contributed by atoms with E-state index in [-0.39, 0.29) is 5.56 Å². The number of benzene rings is 2. The van der Waals surface area contributed by atoms with Gasteiger partial charge in [0.2, 0.25) is 17.7 Å². The van der Waals surface area contributed by atoms with Gasteiger partial charge in [-0.1, -0.05) is 61.9 Å². The van der Waals surface area contributed by atoms with E-state index in [1.165, 1.54) is 0 Å². The SMILES string of the molecule is CCCCc1cc(C)n(-c2nccc(OCC)n2)c(=O)c1Cc1ccc(-c2ccccc2-c2nn[nH]n2)cc1. The fourth-order valence-electron chi connectivity index (χ4n) is 4.74. The average Bonchev–Trinajstić information content (AvgIpc) is 3.50. The molecule has 0 fully saturated rings. The van der Waals surface area contributed by atoms with Gasteiger partial charge in [-0.15, -0.1) is 10.2 Å². The molecule has 39 heavy (non-hydrogen) atoms. The topological polar surface area (TPSA) is 111 Å². The van der Waals surface area contributed by atoms with Gasteiger partial charge in [0, 0.05) is 35.5 Å². The van der Waals surface area contributed by atoms with E-state index in [0.29, 0.717) is 30.7 Å². The summed E-state index contributed by atoms with van der Waals surface area (Å²) in [6.45, 7) is 6.47. The number of nitrogens with one attached hydrogen (secondary N) is 1. The molecule has 2 aromatic carbocycles. The van der Waals surface area contributed by atoms with Gasteiger partial charge in [0.1, 0.15) is 0 Å². The number of aromatic amines is 1. The van der Waals surface area contributed by atoms with Crippen molar-refractivity contribution in [2.45, 2.75) is 46.5 Å². The van der Waals surface area contributed by atoms with Gasteiger partial charge >= 0.3 is 0 Å². The van der Waals surface area contributed by atoms with Crippen molar-refractivity contribution >= 4 is 0 Å². The summed E-state index contributed by atoms with van der Waals surface area (Å²) in [6.07, 6.45) is 5.04. The molecule has 0 spiro atoms. The molecule has 0 atom stereocenters. The molecule has 198 valence electrons. The van der Waals surface area contributed by atoms with Crippen molar-refractivity contribution in [3.05, 3.63) is 99.6 Å². The third-order valence-electron chi connectivity index (χ3n) is 6.65. The van der Waals surface area contributed by atoms with Crippen LogP contribution >= 0.6 is 0 Å². The molecule has 0 radical (unpaired) electrons. The molecule has 0 aliphatic carbocycles. The van der Waals surface area contributed by atoms with Gasteiger partial charge in [-0.25, -0.2) is 9.55 Å². The monoisotopic (exact) mass is 521 g/mol. The first-order valence-corrected chi connectivity index (χ1v) is 13.2. The Labute approximate surface area is 226 Å². The Morgan fingerprint density at radius 1 is 1.00 bits per heavy atom. The highest BCUT2D eigenvalue weighted by molar-refractivity contribution is 5.80. The average molecular weight is 522 g/mol. The van der Waals surface area contributed by atoms with Gasteiger partial charge in [-0.3, -0.25) is 4.79 Å². The molecule has 5 rings (SSSR count). The number of pyridine rings is 1. The second kappa shape index (κ2) is 11.8. The quantitative estimate of drug-likeness (QED) is 0.272. The van der Waals surface area contributed by atoms with Gasteiger partial charge in [0.05, 0.1) is 6.61 Å². The molecule has 9 heteroatoms. The van der Waals surface area contributed by atoms with Crippen molar-refractivity contribution in [1.82, 2.24) is 35.2 Å². The lowest BCUT2D eigenvalue weighted by atomic mass is 9.94. The zero-order chi connectivity index (χ0) is 27.2. The van der Waals surface area contributed by atoms with Gasteiger partial charge in [0.15, 0.2) is 0 Å². The van der Waals surface area contributed by atoms with E-state index in [0.717, 1.165) is 58.3 Å². The van der Waals surface area contributed by atoms with Crippen molar-refractivity contribution in [3.63, 3.8) is 0 Å². The van der Waals surface area contributed by atoms with Crippen molar-refractivity contribution in [2.24, 2.45) is 0 Å². The lowest BCUT2D eigenvalue weighted by Crippen LogP contribution is -2.28. The largest absolute Gasteiger partial charge is 0.478 e. The Morgan fingerprint density at radius 2 is 1.79 bits per heavy atom. The van der Waals surface area contributed by atoms with Crippen molar-refractivity contribution in [2.75, 3.05) is 6.61 Å². The van der Waals surface area contributed by atoms with Crippen LogP contribution in [0.4, 0.5) is 0 Å². The Balaban J connectivity index is 1.51. The Bertz CT molecular complexity index is 1610. The number of tetrazole rings is 1. The Hall–Kier alpha value is -4.66. The molecule has 0 aliphatic rings. The predicted molar refractivity (Wildman–Crippen MR) is 150 cm³/mol. The van der Waals surface area contributed by atoms with E-state index in [9.17, 15) is 4.79 Å². The van der Waals surface area contributed by atoms with Crippen LogP contribution in [0.15, 0.2) is 71.7 Å². The molecule has 3 aromatic heterocycles. The molecule has 0 saturated heterocycles. The van der Waals surface area contributed by atoms with Crippen molar-refractivity contribution in [3.8, 4) is 34.3 Å². The van der Waals surface area contributed by atoms with Crippen LogP contribution in [0, 0.1) is 6.92 Å². The van der Waals surface area contributed by atoms with Gasteiger partial charge in [-0.2, -0.15) is 10.2 Å². The highest BCUT2D eigenvalue weighted by atomic mass is 16.5. The molecular formula is C30H31N7O2. The predicted octanol–water partition coefficient (Wildman–Crippen LogP) is 5.12. The van der Waals surface area contributed by atoms with E-state index in [4.69, 9.17) is 4.74 Å². The van der Waals surface area contributed by atoms with Crippen LogP contribution in [0.3, 0.4) is 0 Å². The van der Waals surface area contributed by atoms with Gasteiger partial charge in [0.25, 0.3) is 5.56 Å². The van der Waals surface area contributed by atoms with Crippen molar-refractivity contribution in [1.29, 1.82) is 0 Å². The molecule has 5 aromatic rings. The van der Waals surface area contributed by atoms with Crippen LogP contribution in [0.2, 0.25) is 0 Å². The smallest absolute Gasteiger partial charge is 0.261 e. The fraction of sp³-hybridized carbons (Fsp3) is 0.267. The highest BCUT2D eigenvalue weighted by Crippen LogP contribution is 2.30. The number of aromatic nitrogens is 7. The van der Waals surface area contributed by atoms with Crippen LogP contribution in [0.5, 0.6) is 5.88 Å². The number of rotatable bonds is 10. The second-order valence-corrected chi connectivity index (χ2v) is 9.32. The van der Waals surface area contributed by atoms with Crippen molar-refractivity contribution < 1.29 is 4.74 Å². The summed E-state index contributed by atoms with van der Waals surface area (Å²) in [5, 5.41) is 14.5. The molecule has 9 nitrogen and oxygen atoms in total. The summed E-state index contributed by atoms with van der Waals surface area (Å²) in [4.78, 5) is 22.8. The molecule has 3 heterocycles. The van der Waals surface area contributed by atoms with Crippen LogP contribution in [0.25, 0.3) is 28.5 Å². The third kappa shape index (κ3) is 5.62. The molecular weight excluding hydrogens is 490 g/mol. The number of unbranched alkanes of at least 4 members (excludes halogenated alkanes) is 1. The molecule has 1 N–H and O–H groups in total. The second-order valence-electron chi connectivity index (χ2n) is 9.32. The zero-order valence-electron chi connectivity index (χ0n) is 22.4. The van der Waals surface area contributed by atoms with Gasteiger partial charge < -0.3 is 4.74 Å². The van der Waals surface area contributed by atoms with Gasteiger partial charge in [-0.05, 0) is 60.2 Å². The number of H-pyrrole nitrogens is 1. The number of hydrogen-bond donors (Lipinski definition) is 1. The summed E-state index contributed by atoms with van der Waals surface area (Å²) < 4.78 is 7.14. The molecule has 0 bridgehead atoms. The number of nitrogens with zero attached hydrogens (tertiary/aromatic N) is 6. The lowest BCUT2D eigenvalue weighted by molar-refractivity contribution is 0.325. The van der Waals surface area contributed by atoms with Crippen LogP contribution in [-0.4, -0.2) is 41.8 Å². The molecule has 0 saturated carbocycles. The standard InChI is InChI=1S/C30H31N7O2/c1-4-6-9-23-18-20(3)37(30-31-17-16-27(32-30)39-5-2)29(38)26(23)19-21-12-14-22(15-13-21)24-10-7-8-11-25(24)28-33-35-36-34-28/h7-8,10-18H,4-6,9,19H2,1-3H3,(H,33,34,35,36). The maximum Gasteiger partial charge on any atom is 0.261 e. The maximum absolute atomic E-state index is 13.9.